The summed E-state index contributed by atoms with van der Waals surface area (Å²) in [7, 11) is 0. The Kier molecular flexibility index (Phi) is 3.71. The standard InChI is InChI=1S/C13H14ClN3/c1-9-13(11-4-2-3-5-12(11)14)16-8-10(17-9)6-7-15/h2-5,8H,6-7,15H2,1H3. The zero-order valence-corrected chi connectivity index (χ0v) is 10.4. The van der Waals surface area contributed by atoms with E-state index in [0.29, 0.717) is 11.6 Å². The molecule has 17 heavy (non-hydrogen) atoms. The van der Waals surface area contributed by atoms with Crippen LogP contribution >= 0.6 is 11.6 Å². The summed E-state index contributed by atoms with van der Waals surface area (Å²) in [6, 6.07) is 7.64. The number of aromatic nitrogens is 2. The minimum Gasteiger partial charge on any atom is -0.330 e. The maximum Gasteiger partial charge on any atom is 0.0929 e. The molecule has 0 fully saturated rings. The topological polar surface area (TPSA) is 51.8 Å². The molecule has 0 spiro atoms. The Morgan fingerprint density at radius 1 is 1.29 bits per heavy atom. The zero-order chi connectivity index (χ0) is 12.3. The summed E-state index contributed by atoms with van der Waals surface area (Å²) in [6.45, 7) is 2.52. The van der Waals surface area contributed by atoms with Gasteiger partial charge < -0.3 is 5.73 Å². The fourth-order valence-corrected chi connectivity index (χ4v) is 1.94. The number of benzene rings is 1. The van der Waals surface area contributed by atoms with Crippen LogP contribution in [0.2, 0.25) is 5.02 Å². The second-order valence-electron chi connectivity index (χ2n) is 3.81. The van der Waals surface area contributed by atoms with Crippen molar-refractivity contribution in [2.75, 3.05) is 6.54 Å². The van der Waals surface area contributed by atoms with E-state index in [1.54, 1.807) is 6.20 Å². The molecule has 0 radical (unpaired) electrons. The van der Waals surface area contributed by atoms with Crippen LogP contribution in [0.25, 0.3) is 11.3 Å². The van der Waals surface area contributed by atoms with Crippen molar-refractivity contribution in [2.24, 2.45) is 5.73 Å². The molecule has 0 aliphatic carbocycles. The van der Waals surface area contributed by atoms with Gasteiger partial charge in [-0.25, -0.2) is 0 Å². The highest BCUT2D eigenvalue weighted by molar-refractivity contribution is 6.33. The van der Waals surface area contributed by atoms with Crippen molar-refractivity contribution in [3.63, 3.8) is 0 Å². The highest BCUT2D eigenvalue weighted by Gasteiger charge is 2.08. The van der Waals surface area contributed by atoms with Crippen LogP contribution in [0.4, 0.5) is 0 Å². The molecule has 0 aliphatic rings. The van der Waals surface area contributed by atoms with Gasteiger partial charge in [0.05, 0.1) is 22.1 Å². The summed E-state index contributed by atoms with van der Waals surface area (Å²) in [5.41, 5.74) is 9.04. The van der Waals surface area contributed by atoms with Crippen LogP contribution in [-0.4, -0.2) is 16.5 Å². The van der Waals surface area contributed by atoms with Gasteiger partial charge in [0.15, 0.2) is 0 Å². The molecular weight excluding hydrogens is 234 g/mol. The van der Waals surface area contributed by atoms with E-state index in [9.17, 15) is 0 Å². The number of nitrogens with zero attached hydrogens (tertiary/aromatic N) is 2. The molecule has 2 aromatic rings. The Morgan fingerprint density at radius 3 is 2.71 bits per heavy atom. The first-order valence-corrected chi connectivity index (χ1v) is 5.87. The third-order valence-corrected chi connectivity index (χ3v) is 2.86. The van der Waals surface area contributed by atoms with Gasteiger partial charge in [-0.2, -0.15) is 0 Å². The van der Waals surface area contributed by atoms with Gasteiger partial charge in [0, 0.05) is 18.2 Å². The molecule has 1 aromatic heterocycles. The number of aryl methyl sites for hydroxylation is 1. The minimum absolute atomic E-state index is 0.583. The van der Waals surface area contributed by atoms with E-state index < -0.39 is 0 Å². The maximum atomic E-state index is 6.14. The van der Waals surface area contributed by atoms with Crippen LogP contribution in [0.1, 0.15) is 11.4 Å². The van der Waals surface area contributed by atoms with Gasteiger partial charge >= 0.3 is 0 Å². The maximum absolute atomic E-state index is 6.14. The normalized spacial score (nSPS) is 10.5. The van der Waals surface area contributed by atoms with Gasteiger partial charge in [0.25, 0.3) is 0 Å². The summed E-state index contributed by atoms with van der Waals surface area (Å²) in [6.07, 6.45) is 2.51. The van der Waals surface area contributed by atoms with Crippen LogP contribution in [0.3, 0.4) is 0 Å². The van der Waals surface area contributed by atoms with E-state index >= 15 is 0 Å². The van der Waals surface area contributed by atoms with Crippen LogP contribution in [0.5, 0.6) is 0 Å². The Morgan fingerprint density at radius 2 is 2.06 bits per heavy atom. The Bertz CT molecular complexity index is 526. The molecule has 0 bridgehead atoms. The summed E-state index contributed by atoms with van der Waals surface area (Å²) in [5.74, 6) is 0. The van der Waals surface area contributed by atoms with Crippen molar-refractivity contribution >= 4 is 11.6 Å². The average Bonchev–Trinajstić information content (AvgIpc) is 2.31. The minimum atomic E-state index is 0.583. The molecule has 88 valence electrons. The third kappa shape index (κ3) is 2.62. The fraction of sp³-hybridized carbons (Fsp3) is 0.231. The second-order valence-corrected chi connectivity index (χ2v) is 4.22. The van der Waals surface area contributed by atoms with E-state index in [1.165, 1.54) is 0 Å². The van der Waals surface area contributed by atoms with Gasteiger partial charge in [-0.15, -0.1) is 0 Å². The first kappa shape index (κ1) is 12.0. The summed E-state index contributed by atoms with van der Waals surface area (Å²) in [5, 5.41) is 0.691. The molecule has 4 heteroatoms. The van der Waals surface area contributed by atoms with Crippen molar-refractivity contribution in [2.45, 2.75) is 13.3 Å². The predicted octanol–water partition coefficient (Wildman–Crippen LogP) is 2.61. The lowest BCUT2D eigenvalue weighted by atomic mass is 10.1. The van der Waals surface area contributed by atoms with Crippen molar-refractivity contribution in [1.82, 2.24) is 9.97 Å². The lowest BCUT2D eigenvalue weighted by Gasteiger charge is -2.07. The van der Waals surface area contributed by atoms with Gasteiger partial charge in [-0.3, -0.25) is 9.97 Å². The highest BCUT2D eigenvalue weighted by atomic mass is 35.5. The fourth-order valence-electron chi connectivity index (χ4n) is 1.72. The smallest absolute Gasteiger partial charge is 0.0929 e. The predicted molar refractivity (Wildman–Crippen MR) is 70.0 cm³/mol. The molecular formula is C13H14ClN3. The van der Waals surface area contributed by atoms with Crippen LogP contribution < -0.4 is 5.73 Å². The summed E-state index contributed by atoms with van der Waals surface area (Å²) in [4.78, 5) is 8.90. The van der Waals surface area contributed by atoms with Gasteiger partial charge in [-0.1, -0.05) is 29.8 Å². The molecule has 0 unspecified atom stereocenters. The lowest BCUT2D eigenvalue weighted by Crippen LogP contribution is -2.06. The van der Waals surface area contributed by atoms with Crippen LogP contribution in [0, 0.1) is 6.92 Å². The average molecular weight is 248 g/mol. The Hall–Kier alpha value is -1.45. The quantitative estimate of drug-likeness (QED) is 0.907. The first-order valence-electron chi connectivity index (χ1n) is 5.50. The summed E-state index contributed by atoms with van der Waals surface area (Å²) >= 11 is 6.14. The highest BCUT2D eigenvalue weighted by Crippen LogP contribution is 2.27. The zero-order valence-electron chi connectivity index (χ0n) is 9.65. The molecule has 1 heterocycles. The number of nitrogens with two attached hydrogens (primary N) is 1. The molecule has 0 aliphatic heterocycles. The van der Waals surface area contributed by atoms with Gasteiger partial charge in [-0.05, 0) is 19.5 Å². The molecule has 0 saturated carbocycles. The van der Waals surface area contributed by atoms with Gasteiger partial charge in [0.1, 0.15) is 0 Å². The van der Waals surface area contributed by atoms with E-state index in [1.807, 2.05) is 31.2 Å². The Labute approximate surface area is 106 Å². The number of hydrogen-bond donors (Lipinski definition) is 1. The van der Waals surface area contributed by atoms with E-state index in [2.05, 4.69) is 9.97 Å². The van der Waals surface area contributed by atoms with Crippen LogP contribution in [-0.2, 0) is 6.42 Å². The van der Waals surface area contributed by atoms with Crippen molar-refractivity contribution in [3.8, 4) is 11.3 Å². The summed E-state index contributed by atoms with van der Waals surface area (Å²) < 4.78 is 0. The second kappa shape index (κ2) is 5.25. The Balaban J connectivity index is 2.44. The van der Waals surface area contributed by atoms with Crippen molar-refractivity contribution in [1.29, 1.82) is 0 Å². The van der Waals surface area contributed by atoms with Crippen molar-refractivity contribution < 1.29 is 0 Å². The molecule has 0 atom stereocenters. The molecule has 3 nitrogen and oxygen atoms in total. The molecule has 2 rings (SSSR count). The molecule has 1 aromatic carbocycles. The van der Waals surface area contributed by atoms with E-state index in [4.69, 9.17) is 17.3 Å². The molecule has 0 amide bonds. The number of hydrogen-bond acceptors (Lipinski definition) is 3. The van der Waals surface area contributed by atoms with E-state index in [0.717, 1.165) is 29.1 Å². The monoisotopic (exact) mass is 247 g/mol. The molecule has 2 N–H and O–H groups in total. The largest absolute Gasteiger partial charge is 0.330 e. The van der Waals surface area contributed by atoms with Crippen LogP contribution in [0.15, 0.2) is 30.5 Å². The van der Waals surface area contributed by atoms with E-state index in [-0.39, 0.29) is 0 Å². The first-order chi connectivity index (χ1) is 8.22. The molecule has 0 saturated heterocycles. The van der Waals surface area contributed by atoms with Crippen molar-refractivity contribution in [3.05, 3.63) is 46.9 Å². The number of rotatable bonds is 3. The van der Waals surface area contributed by atoms with Gasteiger partial charge in [0.2, 0.25) is 0 Å². The lowest BCUT2D eigenvalue weighted by molar-refractivity contribution is 0.896. The SMILES string of the molecule is Cc1nc(CCN)cnc1-c1ccccc1Cl. The number of halogens is 1. The third-order valence-electron chi connectivity index (χ3n) is 2.53.